The summed E-state index contributed by atoms with van der Waals surface area (Å²) in [6, 6.07) is 12.6. The summed E-state index contributed by atoms with van der Waals surface area (Å²) in [4.78, 5) is 34.9. The molecule has 2 aromatic carbocycles. The standard InChI is InChI=1S/C20H21N3O4/c1-20(2,3)22-19(25)16-9-4-5-10-17(16)21-18(24)12-11-14-7-6-8-15(13-14)23(26)27/h4-13H,1-3H3,(H,21,24)(H,22,25). The molecule has 0 atom stereocenters. The Hall–Kier alpha value is -3.48. The van der Waals surface area contributed by atoms with Gasteiger partial charge in [-0.3, -0.25) is 19.7 Å². The first-order valence-corrected chi connectivity index (χ1v) is 8.31. The molecule has 0 aromatic heterocycles. The van der Waals surface area contributed by atoms with Crippen LogP contribution in [0.2, 0.25) is 0 Å². The molecular weight excluding hydrogens is 346 g/mol. The number of nitro benzene ring substituents is 1. The fraction of sp³-hybridized carbons (Fsp3) is 0.200. The highest BCUT2D eigenvalue weighted by Crippen LogP contribution is 2.17. The van der Waals surface area contributed by atoms with E-state index in [4.69, 9.17) is 0 Å². The number of nitro groups is 1. The van der Waals surface area contributed by atoms with Crippen LogP contribution in [-0.4, -0.2) is 22.3 Å². The second-order valence-electron chi connectivity index (χ2n) is 6.92. The van der Waals surface area contributed by atoms with E-state index in [9.17, 15) is 19.7 Å². The minimum atomic E-state index is -0.499. The number of amides is 2. The fourth-order valence-corrected chi connectivity index (χ4v) is 2.29. The van der Waals surface area contributed by atoms with Gasteiger partial charge in [-0.05, 0) is 44.5 Å². The molecule has 0 aliphatic heterocycles. The van der Waals surface area contributed by atoms with Crippen LogP contribution in [0.3, 0.4) is 0 Å². The summed E-state index contributed by atoms with van der Waals surface area (Å²) in [5.41, 5.74) is 0.799. The van der Waals surface area contributed by atoms with Crippen LogP contribution in [-0.2, 0) is 4.79 Å². The van der Waals surface area contributed by atoms with Crippen LogP contribution in [0.5, 0.6) is 0 Å². The first kappa shape index (κ1) is 19.8. The van der Waals surface area contributed by atoms with Crippen molar-refractivity contribution < 1.29 is 14.5 Å². The Balaban J connectivity index is 2.13. The second kappa shape index (κ2) is 8.27. The van der Waals surface area contributed by atoms with Gasteiger partial charge in [0.1, 0.15) is 0 Å². The number of anilines is 1. The Morgan fingerprint density at radius 3 is 2.44 bits per heavy atom. The van der Waals surface area contributed by atoms with Crippen molar-refractivity contribution in [3.05, 3.63) is 75.8 Å². The van der Waals surface area contributed by atoms with Gasteiger partial charge in [0, 0.05) is 23.7 Å². The zero-order valence-electron chi connectivity index (χ0n) is 15.4. The average molecular weight is 367 g/mol. The molecule has 27 heavy (non-hydrogen) atoms. The highest BCUT2D eigenvalue weighted by atomic mass is 16.6. The molecule has 0 spiro atoms. The summed E-state index contributed by atoms with van der Waals surface area (Å²) in [6.45, 7) is 5.61. The quantitative estimate of drug-likeness (QED) is 0.477. The largest absolute Gasteiger partial charge is 0.347 e. The molecular formula is C20H21N3O4. The molecule has 7 heteroatoms. The van der Waals surface area contributed by atoms with Crippen molar-refractivity contribution >= 4 is 29.3 Å². The van der Waals surface area contributed by atoms with Gasteiger partial charge in [0.25, 0.3) is 11.6 Å². The maximum absolute atomic E-state index is 12.4. The predicted octanol–water partition coefficient (Wildman–Crippen LogP) is 3.78. The Kier molecular flexibility index (Phi) is 6.07. The maximum atomic E-state index is 12.4. The Morgan fingerprint density at radius 2 is 1.78 bits per heavy atom. The molecule has 0 unspecified atom stereocenters. The summed E-state index contributed by atoms with van der Waals surface area (Å²) in [5.74, 6) is -0.737. The monoisotopic (exact) mass is 367 g/mol. The van der Waals surface area contributed by atoms with Crippen molar-refractivity contribution in [2.24, 2.45) is 0 Å². The third-order valence-electron chi connectivity index (χ3n) is 3.43. The van der Waals surface area contributed by atoms with Gasteiger partial charge in [0.05, 0.1) is 16.2 Å². The molecule has 0 bridgehead atoms. The predicted molar refractivity (Wildman–Crippen MR) is 104 cm³/mol. The van der Waals surface area contributed by atoms with E-state index in [2.05, 4.69) is 10.6 Å². The highest BCUT2D eigenvalue weighted by Gasteiger charge is 2.18. The maximum Gasteiger partial charge on any atom is 0.270 e. The van der Waals surface area contributed by atoms with Crippen molar-refractivity contribution in [2.75, 3.05) is 5.32 Å². The summed E-state index contributed by atoms with van der Waals surface area (Å²) in [6.07, 6.45) is 2.73. The molecule has 0 heterocycles. The molecule has 0 saturated carbocycles. The lowest BCUT2D eigenvalue weighted by atomic mass is 10.1. The number of para-hydroxylation sites is 1. The lowest BCUT2D eigenvalue weighted by Gasteiger charge is -2.21. The van der Waals surface area contributed by atoms with Gasteiger partial charge in [-0.2, -0.15) is 0 Å². The molecule has 140 valence electrons. The minimum Gasteiger partial charge on any atom is -0.347 e. The second-order valence-corrected chi connectivity index (χ2v) is 6.92. The summed E-state index contributed by atoms with van der Waals surface area (Å²) in [5, 5.41) is 16.3. The minimum absolute atomic E-state index is 0.0539. The molecule has 0 radical (unpaired) electrons. The third kappa shape index (κ3) is 6.07. The van der Waals surface area contributed by atoms with Gasteiger partial charge in [0.2, 0.25) is 5.91 Å². The van der Waals surface area contributed by atoms with Crippen molar-refractivity contribution in [3.63, 3.8) is 0 Å². The van der Waals surface area contributed by atoms with Crippen LogP contribution < -0.4 is 10.6 Å². The van der Waals surface area contributed by atoms with Gasteiger partial charge in [-0.1, -0.05) is 24.3 Å². The summed E-state index contributed by atoms with van der Waals surface area (Å²) in [7, 11) is 0. The van der Waals surface area contributed by atoms with Crippen LogP contribution in [0.1, 0.15) is 36.7 Å². The van der Waals surface area contributed by atoms with Crippen molar-refractivity contribution in [2.45, 2.75) is 26.3 Å². The van der Waals surface area contributed by atoms with Crippen molar-refractivity contribution in [1.29, 1.82) is 0 Å². The van der Waals surface area contributed by atoms with E-state index in [0.29, 0.717) is 16.8 Å². The van der Waals surface area contributed by atoms with Crippen molar-refractivity contribution in [3.8, 4) is 0 Å². The number of hydrogen-bond acceptors (Lipinski definition) is 4. The van der Waals surface area contributed by atoms with Gasteiger partial charge < -0.3 is 10.6 Å². The number of carbonyl (C=O) groups is 2. The molecule has 2 rings (SSSR count). The first-order chi connectivity index (χ1) is 12.7. The Bertz CT molecular complexity index is 898. The number of nitrogens with one attached hydrogen (secondary N) is 2. The summed E-state index contributed by atoms with van der Waals surface area (Å²) < 4.78 is 0. The molecule has 0 fully saturated rings. The lowest BCUT2D eigenvalue weighted by molar-refractivity contribution is -0.384. The topological polar surface area (TPSA) is 101 Å². The SMILES string of the molecule is CC(C)(C)NC(=O)c1ccccc1NC(=O)C=Cc1cccc([N+](=O)[O-])c1. The van der Waals surface area contributed by atoms with Crippen LogP contribution in [0.4, 0.5) is 11.4 Å². The molecule has 0 aliphatic rings. The molecule has 0 saturated heterocycles. The highest BCUT2D eigenvalue weighted by molar-refractivity contribution is 6.07. The van der Waals surface area contributed by atoms with Gasteiger partial charge in [0.15, 0.2) is 0 Å². The zero-order chi connectivity index (χ0) is 20.0. The van der Waals surface area contributed by atoms with Gasteiger partial charge in [-0.25, -0.2) is 0 Å². The smallest absolute Gasteiger partial charge is 0.270 e. The number of rotatable bonds is 5. The normalized spacial score (nSPS) is 11.2. The fourth-order valence-electron chi connectivity index (χ4n) is 2.29. The zero-order valence-corrected chi connectivity index (χ0v) is 15.4. The Labute approximate surface area is 157 Å². The van der Waals surface area contributed by atoms with Gasteiger partial charge >= 0.3 is 0 Å². The van der Waals surface area contributed by atoms with E-state index < -0.39 is 16.4 Å². The molecule has 2 N–H and O–H groups in total. The van der Waals surface area contributed by atoms with E-state index in [1.807, 2.05) is 20.8 Å². The van der Waals surface area contributed by atoms with E-state index >= 15 is 0 Å². The number of nitrogens with zero attached hydrogens (tertiary/aromatic N) is 1. The van der Waals surface area contributed by atoms with Crippen LogP contribution in [0.15, 0.2) is 54.6 Å². The molecule has 0 aliphatic carbocycles. The van der Waals surface area contributed by atoms with Crippen LogP contribution >= 0.6 is 0 Å². The third-order valence-corrected chi connectivity index (χ3v) is 3.43. The Morgan fingerprint density at radius 1 is 1.07 bits per heavy atom. The van der Waals surface area contributed by atoms with E-state index in [1.165, 1.54) is 24.3 Å². The lowest BCUT2D eigenvalue weighted by Crippen LogP contribution is -2.40. The molecule has 7 nitrogen and oxygen atoms in total. The molecule has 2 aromatic rings. The first-order valence-electron chi connectivity index (χ1n) is 8.31. The molecule has 2 amide bonds. The number of non-ortho nitro benzene ring substituents is 1. The van der Waals surface area contributed by atoms with E-state index in [-0.39, 0.29) is 11.6 Å². The van der Waals surface area contributed by atoms with E-state index in [1.54, 1.807) is 36.4 Å². The average Bonchev–Trinajstić information content (AvgIpc) is 2.59. The number of benzene rings is 2. The number of hydrogen-bond donors (Lipinski definition) is 2. The summed E-state index contributed by atoms with van der Waals surface area (Å²) >= 11 is 0. The van der Waals surface area contributed by atoms with Gasteiger partial charge in [-0.15, -0.1) is 0 Å². The number of carbonyl (C=O) groups excluding carboxylic acids is 2. The van der Waals surface area contributed by atoms with Crippen LogP contribution in [0.25, 0.3) is 6.08 Å². The van der Waals surface area contributed by atoms with E-state index in [0.717, 1.165) is 0 Å². The van der Waals surface area contributed by atoms with Crippen LogP contribution in [0, 0.1) is 10.1 Å². The van der Waals surface area contributed by atoms with Crippen molar-refractivity contribution in [1.82, 2.24) is 5.32 Å².